The summed E-state index contributed by atoms with van der Waals surface area (Å²) in [6.07, 6.45) is -1.40. The van der Waals surface area contributed by atoms with Gasteiger partial charge in [0.05, 0.1) is 11.2 Å². The average Bonchev–Trinajstić information content (AvgIpc) is 3.17. The molecule has 11 heteroatoms. The quantitative estimate of drug-likeness (QED) is 0.246. The molecule has 43 heavy (non-hydrogen) atoms. The minimum Gasteiger partial charge on any atom is -0.465 e. The summed E-state index contributed by atoms with van der Waals surface area (Å²) in [4.78, 5) is 63.4. The number of rotatable bonds is 8. The molecule has 1 saturated heterocycles. The number of carbonyl (C=O) groups excluding carboxylic acids is 5. The maximum absolute atomic E-state index is 13.5. The van der Waals surface area contributed by atoms with Gasteiger partial charge in [-0.15, -0.1) is 0 Å². The van der Waals surface area contributed by atoms with Crippen LogP contribution < -0.4 is 0 Å². The van der Waals surface area contributed by atoms with Gasteiger partial charge in [-0.05, 0) is 44.2 Å². The van der Waals surface area contributed by atoms with Gasteiger partial charge in [0.1, 0.15) is 24.2 Å². The van der Waals surface area contributed by atoms with Crippen LogP contribution in [0.5, 0.6) is 0 Å². The summed E-state index contributed by atoms with van der Waals surface area (Å²) >= 11 is 0. The van der Waals surface area contributed by atoms with Crippen molar-refractivity contribution >= 4 is 35.9 Å². The largest absolute Gasteiger partial charge is 0.465 e. The SMILES string of the molecule is CC(=O)OC[C@]12[C@H](OC(C)=O)[C@@H](OC(C)=O)[C@@H]3C[C@]1(OC3(C)C)[C@H](C)C[C@H](OC(C)=O)[C@@H]2OC(=O)/C=C/c1ccccc1. The molecule has 2 bridgehead atoms. The van der Waals surface area contributed by atoms with Crippen LogP contribution in [0.25, 0.3) is 6.08 Å². The minimum absolute atomic E-state index is 0.232. The lowest BCUT2D eigenvalue weighted by Crippen LogP contribution is -2.77. The molecule has 0 amide bonds. The van der Waals surface area contributed by atoms with Crippen molar-refractivity contribution < 1.29 is 52.4 Å². The fraction of sp³-hybridized carbons (Fsp3) is 0.594. The number of esters is 5. The van der Waals surface area contributed by atoms with Crippen molar-refractivity contribution in [2.75, 3.05) is 6.61 Å². The molecule has 11 nitrogen and oxygen atoms in total. The highest BCUT2D eigenvalue weighted by Crippen LogP contribution is 2.67. The summed E-state index contributed by atoms with van der Waals surface area (Å²) in [6.45, 7) is 10.1. The van der Waals surface area contributed by atoms with Gasteiger partial charge in [-0.3, -0.25) is 19.2 Å². The van der Waals surface area contributed by atoms with Crippen LogP contribution in [0.4, 0.5) is 0 Å². The summed E-state index contributed by atoms with van der Waals surface area (Å²) in [7, 11) is 0. The lowest BCUT2D eigenvalue weighted by Gasteiger charge is -2.62. The predicted molar refractivity (Wildman–Crippen MR) is 151 cm³/mol. The van der Waals surface area contributed by atoms with Crippen LogP contribution in [0.2, 0.25) is 0 Å². The second-order valence-corrected chi connectivity index (χ2v) is 12.2. The fourth-order valence-electron chi connectivity index (χ4n) is 7.45. The summed E-state index contributed by atoms with van der Waals surface area (Å²) < 4.78 is 36.3. The van der Waals surface area contributed by atoms with Gasteiger partial charge in [0.15, 0.2) is 12.2 Å². The van der Waals surface area contributed by atoms with Crippen molar-refractivity contribution in [3.8, 4) is 0 Å². The van der Waals surface area contributed by atoms with E-state index in [1.54, 1.807) is 18.2 Å². The van der Waals surface area contributed by atoms with Gasteiger partial charge in [-0.1, -0.05) is 37.3 Å². The van der Waals surface area contributed by atoms with Gasteiger partial charge in [0, 0.05) is 39.7 Å². The van der Waals surface area contributed by atoms with Crippen LogP contribution in [0.3, 0.4) is 0 Å². The Morgan fingerprint density at radius 1 is 0.860 bits per heavy atom. The number of hydrogen-bond donors (Lipinski definition) is 0. The second-order valence-electron chi connectivity index (χ2n) is 12.2. The first-order valence-corrected chi connectivity index (χ1v) is 14.4. The highest BCUT2D eigenvalue weighted by molar-refractivity contribution is 5.87. The van der Waals surface area contributed by atoms with E-state index in [2.05, 4.69) is 0 Å². The van der Waals surface area contributed by atoms with Gasteiger partial charge in [0.25, 0.3) is 0 Å². The Bertz CT molecular complexity index is 1290. The molecular formula is C32H40O11. The maximum atomic E-state index is 13.5. The number of hydrogen-bond acceptors (Lipinski definition) is 11. The van der Waals surface area contributed by atoms with Crippen molar-refractivity contribution in [1.29, 1.82) is 0 Å². The topological polar surface area (TPSA) is 141 Å². The van der Waals surface area contributed by atoms with E-state index in [9.17, 15) is 24.0 Å². The summed E-state index contributed by atoms with van der Waals surface area (Å²) in [5.74, 6) is -4.18. The molecule has 2 saturated carbocycles. The molecule has 234 valence electrons. The lowest BCUT2D eigenvalue weighted by molar-refractivity contribution is -0.309. The number of benzene rings is 1. The fourth-order valence-corrected chi connectivity index (χ4v) is 7.45. The highest BCUT2D eigenvalue weighted by Gasteiger charge is 2.81. The van der Waals surface area contributed by atoms with Crippen molar-refractivity contribution in [2.45, 2.75) is 96.9 Å². The Hall–Kier alpha value is -3.73. The molecule has 4 rings (SSSR count). The Balaban J connectivity index is 1.95. The molecule has 1 spiro atoms. The van der Waals surface area contributed by atoms with E-state index >= 15 is 0 Å². The Labute approximate surface area is 251 Å². The standard InChI is InChI=1S/C32H40O11/c1-18-15-25(39-20(3)34)28(42-26(37)14-13-23-11-9-8-10-12-23)31(17-38-19(2)33)29(41-22(5)36)27(40-21(4)35)24-16-32(18,31)43-30(24,6)7/h8-14,18,24-25,27-29H,15-17H2,1-7H3/b14-13+/t18-,24+,25+,27+,28+,29-,31+,32+/m1/s1. The third-order valence-electron chi connectivity index (χ3n) is 8.96. The highest BCUT2D eigenvalue weighted by atomic mass is 16.6. The summed E-state index contributed by atoms with van der Waals surface area (Å²) in [5.41, 5.74) is -3.02. The molecule has 3 aliphatic rings. The van der Waals surface area contributed by atoms with Crippen LogP contribution >= 0.6 is 0 Å². The van der Waals surface area contributed by atoms with Gasteiger partial charge in [-0.2, -0.15) is 0 Å². The van der Waals surface area contributed by atoms with Crippen molar-refractivity contribution in [3.63, 3.8) is 0 Å². The molecule has 8 atom stereocenters. The van der Waals surface area contributed by atoms with Crippen LogP contribution in [-0.4, -0.2) is 72.1 Å². The maximum Gasteiger partial charge on any atom is 0.331 e. The molecule has 3 fully saturated rings. The summed E-state index contributed by atoms with van der Waals surface area (Å²) in [6, 6.07) is 9.09. The van der Waals surface area contributed by atoms with E-state index in [0.29, 0.717) is 6.42 Å². The summed E-state index contributed by atoms with van der Waals surface area (Å²) in [5, 5.41) is 0. The Kier molecular flexibility index (Phi) is 9.06. The van der Waals surface area contributed by atoms with E-state index in [1.165, 1.54) is 33.8 Å². The number of ether oxygens (including phenoxy) is 6. The Morgan fingerprint density at radius 2 is 1.49 bits per heavy atom. The lowest BCUT2D eigenvalue weighted by atomic mass is 9.48. The first kappa shape index (κ1) is 32.2. The number of carbonyl (C=O) groups is 5. The monoisotopic (exact) mass is 600 g/mol. The van der Waals surface area contributed by atoms with Crippen LogP contribution in [0.1, 0.15) is 66.9 Å². The van der Waals surface area contributed by atoms with E-state index < -0.39 is 83.4 Å². The van der Waals surface area contributed by atoms with E-state index in [-0.39, 0.29) is 12.3 Å². The zero-order valence-electron chi connectivity index (χ0n) is 25.6. The van der Waals surface area contributed by atoms with Crippen molar-refractivity contribution in [1.82, 2.24) is 0 Å². The van der Waals surface area contributed by atoms with Gasteiger partial charge in [-0.25, -0.2) is 4.79 Å². The van der Waals surface area contributed by atoms with Gasteiger partial charge >= 0.3 is 29.8 Å². The third-order valence-corrected chi connectivity index (χ3v) is 8.96. The molecule has 1 aromatic rings. The van der Waals surface area contributed by atoms with E-state index in [1.807, 2.05) is 39.0 Å². The van der Waals surface area contributed by atoms with Crippen molar-refractivity contribution in [2.24, 2.45) is 17.3 Å². The normalized spacial score (nSPS) is 34.0. The number of fused-ring (bicyclic) bond motifs is 1. The van der Waals surface area contributed by atoms with E-state index in [0.717, 1.165) is 5.56 Å². The molecule has 0 N–H and O–H groups in total. The van der Waals surface area contributed by atoms with Crippen LogP contribution in [0.15, 0.2) is 36.4 Å². The molecule has 2 aliphatic carbocycles. The molecule has 1 heterocycles. The minimum atomic E-state index is -1.65. The first-order valence-electron chi connectivity index (χ1n) is 14.4. The zero-order chi connectivity index (χ0) is 31.7. The molecule has 1 aliphatic heterocycles. The van der Waals surface area contributed by atoms with Gasteiger partial charge < -0.3 is 28.4 Å². The molecular weight excluding hydrogens is 560 g/mol. The zero-order valence-corrected chi connectivity index (χ0v) is 25.6. The van der Waals surface area contributed by atoms with Crippen LogP contribution in [0, 0.1) is 17.3 Å². The predicted octanol–water partition coefficient (Wildman–Crippen LogP) is 3.56. The van der Waals surface area contributed by atoms with Crippen molar-refractivity contribution in [3.05, 3.63) is 42.0 Å². The smallest absolute Gasteiger partial charge is 0.331 e. The molecule has 0 radical (unpaired) electrons. The first-order chi connectivity index (χ1) is 20.1. The van der Waals surface area contributed by atoms with Gasteiger partial charge in [0.2, 0.25) is 0 Å². The molecule has 0 aromatic heterocycles. The molecule has 0 unspecified atom stereocenters. The van der Waals surface area contributed by atoms with Crippen LogP contribution in [-0.2, 0) is 52.4 Å². The molecule has 1 aromatic carbocycles. The van der Waals surface area contributed by atoms with E-state index in [4.69, 9.17) is 28.4 Å². The average molecular weight is 601 g/mol. The second kappa shape index (κ2) is 12.1. The third kappa shape index (κ3) is 6.04. The Morgan fingerprint density at radius 3 is 2.07 bits per heavy atom.